The molecule has 2 aromatic rings. The molecule has 0 spiro atoms. The molecule has 1 aliphatic carbocycles. The van der Waals surface area contributed by atoms with Crippen molar-refractivity contribution in [3.8, 4) is 0 Å². The number of benzene rings is 1. The Kier molecular flexibility index (Phi) is 3.65. The van der Waals surface area contributed by atoms with Crippen LogP contribution in [0.3, 0.4) is 0 Å². The number of fused-ring (bicyclic) bond motifs is 1. The number of carbonyl (C=O) groups is 1. The summed E-state index contributed by atoms with van der Waals surface area (Å²) in [5, 5.41) is 7.23. The van der Waals surface area contributed by atoms with E-state index in [1.165, 1.54) is 11.1 Å². The van der Waals surface area contributed by atoms with Crippen molar-refractivity contribution in [2.24, 2.45) is 0 Å². The summed E-state index contributed by atoms with van der Waals surface area (Å²) >= 11 is 1.64. The average molecular weight is 271 g/mol. The third-order valence-corrected chi connectivity index (χ3v) is 4.38. The van der Waals surface area contributed by atoms with E-state index in [2.05, 4.69) is 29.6 Å². The van der Waals surface area contributed by atoms with Gasteiger partial charge in [0.2, 0.25) is 5.91 Å². The summed E-state index contributed by atoms with van der Waals surface area (Å²) in [5.41, 5.74) is 3.79. The van der Waals surface area contributed by atoms with Crippen LogP contribution >= 0.6 is 11.3 Å². The lowest BCUT2D eigenvalue weighted by atomic mass is 9.87. The lowest BCUT2D eigenvalue weighted by Crippen LogP contribution is -2.31. The first-order valence-corrected chi connectivity index (χ1v) is 7.65. The van der Waals surface area contributed by atoms with Gasteiger partial charge < -0.3 is 5.32 Å². The van der Waals surface area contributed by atoms with Gasteiger partial charge in [0.1, 0.15) is 0 Å². The van der Waals surface area contributed by atoms with Crippen LogP contribution in [0, 0.1) is 0 Å². The smallest absolute Gasteiger partial charge is 0.224 e. The summed E-state index contributed by atoms with van der Waals surface area (Å²) in [5.74, 6) is 0.125. The fourth-order valence-corrected chi connectivity index (χ4v) is 3.40. The van der Waals surface area contributed by atoms with Crippen LogP contribution < -0.4 is 5.32 Å². The maximum Gasteiger partial charge on any atom is 0.224 e. The molecule has 1 atom stereocenters. The molecule has 1 aliphatic rings. The van der Waals surface area contributed by atoms with Gasteiger partial charge in [-0.3, -0.25) is 4.79 Å². The highest BCUT2D eigenvalue weighted by Crippen LogP contribution is 2.29. The predicted molar refractivity (Wildman–Crippen MR) is 78.3 cm³/mol. The molecule has 3 rings (SSSR count). The highest BCUT2D eigenvalue weighted by Gasteiger charge is 2.21. The van der Waals surface area contributed by atoms with Gasteiger partial charge in [-0.15, -0.1) is 0 Å². The maximum absolute atomic E-state index is 12.1. The number of thiophene rings is 1. The Hall–Kier alpha value is -1.61. The maximum atomic E-state index is 12.1. The molecule has 1 aromatic heterocycles. The van der Waals surface area contributed by atoms with Crippen molar-refractivity contribution in [3.05, 3.63) is 57.8 Å². The minimum atomic E-state index is 0.125. The molecule has 19 heavy (non-hydrogen) atoms. The van der Waals surface area contributed by atoms with Crippen molar-refractivity contribution in [2.75, 3.05) is 0 Å². The molecule has 0 unspecified atom stereocenters. The summed E-state index contributed by atoms with van der Waals surface area (Å²) in [6, 6.07) is 10.7. The molecular formula is C16H17NOS. The summed E-state index contributed by atoms with van der Waals surface area (Å²) in [6.45, 7) is 0. The second-order valence-electron chi connectivity index (χ2n) is 5.02. The van der Waals surface area contributed by atoms with Gasteiger partial charge in [0.05, 0.1) is 12.5 Å². The van der Waals surface area contributed by atoms with E-state index in [0.717, 1.165) is 24.8 Å². The topological polar surface area (TPSA) is 29.1 Å². The zero-order valence-electron chi connectivity index (χ0n) is 10.8. The molecule has 98 valence electrons. The lowest BCUT2D eigenvalue weighted by Gasteiger charge is -2.26. The molecule has 0 aliphatic heterocycles. The normalized spacial score (nSPS) is 17.8. The van der Waals surface area contributed by atoms with Gasteiger partial charge in [0, 0.05) is 0 Å². The van der Waals surface area contributed by atoms with Crippen LogP contribution in [-0.4, -0.2) is 5.91 Å². The standard InChI is InChI=1S/C16H17NOS/c18-16(10-12-8-9-19-11-12)17-15-7-3-5-13-4-1-2-6-14(13)15/h1-2,4,6,8-9,11,15H,3,5,7,10H2,(H,17,18)/t15-/m0/s1. The fourth-order valence-electron chi connectivity index (χ4n) is 2.73. The van der Waals surface area contributed by atoms with Crippen LogP contribution in [0.4, 0.5) is 0 Å². The second-order valence-corrected chi connectivity index (χ2v) is 5.80. The molecule has 2 nitrogen and oxygen atoms in total. The van der Waals surface area contributed by atoms with Gasteiger partial charge in [0.15, 0.2) is 0 Å². The third-order valence-electron chi connectivity index (χ3n) is 3.65. The quantitative estimate of drug-likeness (QED) is 0.909. The first-order chi connectivity index (χ1) is 9.33. The van der Waals surface area contributed by atoms with E-state index in [9.17, 15) is 4.79 Å². The number of hydrogen-bond donors (Lipinski definition) is 1. The number of rotatable bonds is 3. The number of nitrogens with one attached hydrogen (secondary N) is 1. The molecule has 0 saturated heterocycles. The molecule has 1 N–H and O–H groups in total. The molecule has 1 heterocycles. The Morgan fingerprint density at radius 1 is 1.32 bits per heavy atom. The Morgan fingerprint density at radius 2 is 2.21 bits per heavy atom. The van der Waals surface area contributed by atoms with Crippen LogP contribution in [0.2, 0.25) is 0 Å². The van der Waals surface area contributed by atoms with E-state index < -0.39 is 0 Å². The Morgan fingerprint density at radius 3 is 3.05 bits per heavy atom. The largest absolute Gasteiger partial charge is 0.349 e. The van der Waals surface area contributed by atoms with Crippen molar-refractivity contribution in [3.63, 3.8) is 0 Å². The molecule has 0 bridgehead atoms. The zero-order chi connectivity index (χ0) is 13.1. The van der Waals surface area contributed by atoms with Crippen molar-refractivity contribution in [2.45, 2.75) is 31.7 Å². The van der Waals surface area contributed by atoms with Gasteiger partial charge in [-0.2, -0.15) is 11.3 Å². The molecule has 3 heteroatoms. The minimum absolute atomic E-state index is 0.125. The van der Waals surface area contributed by atoms with E-state index in [-0.39, 0.29) is 11.9 Å². The number of hydrogen-bond acceptors (Lipinski definition) is 2. The number of amides is 1. The van der Waals surface area contributed by atoms with Crippen molar-refractivity contribution in [1.82, 2.24) is 5.32 Å². The van der Waals surface area contributed by atoms with Crippen molar-refractivity contribution in [1.29, 1.82) is 0 Å². The van der Waals surface area contributed by atoms with E-state index in [0.29, 0.717) is 6.42 Å². The van der Waals surface area contributed by atoms with E-state index in [1.807, 2.05) is 16.8 Å². The predicted octanol–water partition coefficient (Wildman–Crippen LogP) is 3.48. The summed E-state index contributed by atoms with van der Waals surface area (Å²) in [7, 11) is 0. The zero-order valence-corrected chi connectivity index (χ0v) is 11.6. The van der Waals surface area contributed by atoms with Crippen LogP contribution in [0.25, 0.3) is 0 Å². The molecule has 0 saturated carbocycles. The van der Waals surface area contributed by atoms with Gasteiger partial charge in [-0.25, -0.2) is 0 Å². The number of aryl methyl sites for hydroxylation is 1. The lowest BCUT2D eigenvalue weighted by molar-refractivity contribution is -0.121. The van der Waals surface area contributed by atoms with Crippen LogP contribution in [-0.2, 0) is 17.6 Å². The Labute approximate surface area is 117 Å². The van der Waals surface area contributed by atoms with E-state index in [4.69, 9.17) is 0 Å². The van der Waals surface area contributed by atoms with Gasteiger partial charge in [-0.1, -0.05) is 24.3 Å². The first kappa shape index (κ1) is 12.4. The van der Waals surface area contributed by atoms with Gasteiger partial charge in [-0.05, 0) is 52.8 Å². The minimum Gasteiger partial charge on any atom is -0.349 e. The molecule has 1 aromatic carbocycles. The van der Waals surface area contributed by atoms with Crippen LogP contribution in [0.15, 0.2) is 41.1 Å². The Balaban J connectivity index is 1.69. The van der Waals surface area contributed by atoms with E-state index >= 15 is 0 Å². The van der Waals surface area contributed by atoms with Gasteiger partial charge >= 0.3 is 0 Å². The first-order valence-electron chi connectivity index (χ1n) is 6.71. The summed E-state index contributed by atoms with van der Waals surface area (Å²) in [4.78, 5) is 12.1. The Bertz CT molecular complexity index is 562. The SMILES string of the molecule is O=C(Cc1ccsc1)N[C@H]1CCCc2ccccc21. The van der Waals surface area contributed by atoms with Crippen molar-refractivity contribution >= 4 is 17.2 Å². The average Bonchev–Trinajstić information content (AvgIpc) is 2.92. The highest BCUT2D eigenvalue weighted by atomic mass is 32.1. The third kappa shape index (κ3) is 2.87. The van der Waals surface area contributed by atoms with Crippen LogP contribution in [0.5, 0.6) is 0 Å². The fraction of sp³-hybridized carbons (Fsp3) is 0.312. The summed E-state index contributed by atoms with van der Waals surface area (Å²) < 4.78 is 0. The molecule has 0 fully saturated rings. The molecule has 0 radical (unpaired) electrons. The molecule has 1 amide bonds. The molecular weight excluding hydrogens is 254 g/mol. The monoisotopic (exact) mass is 271 g/mol. The van der Waals surface area contributed by atoms with Gasteiger partial charge in [0.25, 0.3) is 0 Å². The number of carbonyl (C=O) groups excluding carboxylic acids is 1. The van der Waals surface area contributed by atoms with Crippen LogP contribution in [0.1, 0.15) is 35.6 Å². The van der Waals surface area contributed by atoms with E-state index in [1.54, 1.807) is 11.3 Å². The highest BCUT2D eigenvalue weighted by molar-refractivity contribution is 7.07. The second kappa shape index (κ2) is 5.57. The summed E-state index contributed by atoms with van der Waals surface area (Å²) in [6.07, 6.45) is 3.82. The van der Waals surface area contributed by atoms with Crippen molar-refractivity contribution < 1.29 is 4.79 Å².